The minimum atomic E-state index is -4.18. The summed E-state index contributed by atoms with van der Waals surface area (Å²) in [5, 5.41) is 9.02. The van der Waals surface area contributed by atoms with Crippen LogP contribution >= 0.6 is 22.9 Å². The summed E-state index contributed by atoms with van der Waals surface area (Å²) in [7, 11) is -4.18. The summed E-state index contributed by atoms with van der Waals surface area (Å²) in [6.45, 7) is 0. The lowest BCUT2D eigenvalue weighted by Crippen LogP contribution is -2.30. The molecule has 25 heavy (non-hydrogen) atoms. The quantitative estimate of drug-likeness (QED) is 0.734. The minimum Gasteiger partial charge on any atom is -0.267 e. The maximum Gasteiger partial charge on any atom is 0.275 e. The molecule has 9 heteroatoms. The number of amides is 1. The van der Waals surface area contributed by atoms with Gasteiger partial charge >= 0.3 is 0 Å². The van der Waals surface area contributed by atoms with E-state index in [1.165, 1.54) is 30.3 Å². The van der Waals surface area contributed by atoms with Gasteiger partial charge in [0.25, 0.3) is 15.9 Å². The number of nitrogens with zero attached hydrogens (tertiary/aromatic N) is 1. The highest BCUT2D eigenvalue weighted by molar-refractivity contribution is 7.90. The lowest BCUT2D eigenvalue weighted by atomic mass is 10.2. The molecule has 0 fully saturated rings. The van der Waals surface area contributed by atoms with Crippen LogP contribution in [-0.4, -0.2) is 14.3 Å². The Balaban J connectivity index is 1.92. The second kappa shape index (κ2) is 6.44. The third-order valence-electron chi connectivity index (χ3n) is 3.33. The fourth-order valence-corrected chi connectivity index (χ4v) is 4.44. The Morgan fingerprint density at radius 2 is 2.00 bits per heavy atom. The first kappa shape index (κ1) is 17.4. The Bertz CT molecular complexity index is 1150. The smallest absolute Gasteiger partial charge is 0.267 e. The van der Waals surface area contributed by atoms with Crippen LogP contribution in [0.4, 0.5) is 4.39 Å². The predicted octanol–water partition coefficient (Wildman–Crippen LogP) is 3.68. The molecule has 0 aliphatic carbocycles. The molecule has 0 atom stereocenters. The summed E-state index contributed by atoms with van der Waals surface area (Å²) in [6.07, 6.45) is 0. The van der Waals surface area contributed by atoms with Crippen LogP contribution in [0.25, 0.3) is 10.1 Å². The molecule has 0 saturated carbocycles. The van der Waals surface area contributed by atoms with Crippen LogP contribution in [0.3, 0.4) is 0 Å². The van der Waals surface area contributed by atoms with Gasteiger partial charge in [-0.3, -0.25) is 4.79 Å². The molecule has 0 bridgehead atoms. The highest BCUT2D eigenvalue weighted by Crippen LogP contribution is 2.28. The van der Waals surface area contributed by atoms with Gasteiger partial charge < -0.3 is 0 Å². The summed E-state index contributed by atoms with van der Waals surface area (Å²) in [5.41, 5.74) is 0.118. The summed E-state index contributed by atoms with van der Waals surface area (Å²) in [4.78, 5) is 12.0. The van der Waals surface area contributed by atoms with Gasteiger partial charge in [-0.25, -0.2) is 17.5 Å². The first-order chi connectivity index (χ1) is 11.8. The zero-order valence-electron chi connectivity index (χ0n) is 12.3. The van der Waals surface area contributed by atoms with Gasteiger partial charge in [0.2, 0.25) is 0 Å². The SMILES string of the molecule is N#Cc1ccc(S(=O)(=O)NC(=O)c2cc3c(F)cccc3s2)cc1Cl. The number of carbonyl (C=O) groups excluding carboxylic acids is 1. The van der Waals surface area contributed by atoms with Crippen molar-refractivity contribution < 1.29 is 17.6 Å². The van der Waals surface area contributed by atoms with E-state index in [4.69, 9.17) is 16.9 Å². The standard InChI is InChI=1S/C16H8ClFN2O3S2/c17-12-6-10(5-4-9(12)8-19)25(22,23)20-16(21)15-7-11-13(18)2-1-3-14(11)24-15/h1-7H,(H,20,21). The molecular weight excluding hydrogens is 387 g/mol. The Morgan fingerprint density at radius 3 is 2.64 bits per heavy atom. The van der Waals surface area contributed by atoms with E-state index in [0.717, 1.165) is 17.4 Å². The number of fused-ring (bicyclic) bond motifs is 1. The van der Waals surface area contributed by atoms with E-state index in [9.17, 15) is 17.6 Å². The average Bonchev–Trinajstić information content (AvgIpc) is 3.00. The normalized spacial score (nSPS) is 11.2. The molecule has 126 valence electrons. The van der Waals surface area contributed by atoms with Gasteiger partial charge in [-0.1, -0.05) is 17.7 Å². The predicted molar refractivity (Wildman–Crippen MR) is 92.6 cm³/mol. The van der Waals surface area contributed by atoms with Gasteiger partial charge in [0.05, 0.1) is 20.4 Å². The molecule has 5 nitrogen and oxygen atoms in total. The maximum atomic E-state index is 13.7. The Morgan fingerprint density at radius 1 is 1.24 bits per heavy atom. The van der Waals surface area contributed by atoms with E-state index in [-0.39, 0.29) is 25.7 Å². The van der Waals surface area contributed by atoms with Crippen molar-refractivity contribution in [2.24, 2.45) is 0 Å². The molecule has 0 unspecified atom stereocenters. The number of rotatable bonds is 3. The highest BCUT2D eigenvalue weighted by Gasteiger charge is 2.21. The van der Waals surface area contributed by atoms with E-state index < -0.39 is 21.7 Å². The average molecular weight is 395 g/mol. The first-order valence-electron chi connectivity index (χ1n) is 6.76. The van der Waals surface area contributed by atoms with E-state index in [1.807, 2.05) is 10.8 Å². The molecule has 3 aromatic rings. The third-order valence-corrected chi connectivity index (χ3v) is 6.07. The molecular formula is C16H8ClFN2O3S2. The Hall–Kier alpha value is -2.47. The minimum absolute atomic E-state index is 0.0400. The van der Waals surface area contributed by atoms with E-state index in [1.54, 1.807) is 6.07 Å². The molecule has 1 aromatic heterocycles. The fraction of sp³-hybridized carbons (Fsp3) is 0. The highest BCUT2D eigenvalue weighted by atomic mass is 35.5. The molecule has 0 saturated heterocycles. The van der Waals surface area contributed by atoms with Crippen LogP contribution in [0.15, 0.2) is 47.4 Å². The van der Waals surface area contributed by atoms with Crippen LogP contribution in [-0.2, 0) is 10.0 Å². The molecule has 3 rings (SSSR count). The lowest BCUT2D eigenvalue weighted by Gasteiger charge is -2.06. The number of carbonyl (C=O) groups is 1. The number of nitrogens with one attached hydrogen (secondary N) is 1. The third kappa shape index (κ3) is 3.35. The second-order valence-electron chi connectivity index (χ2n) is 4.95. The number of sulfonamides is 1. The number of nitriles is 1. The van der Waals surface area contributed by atoms with Gasteiger partial charge in [-0.05, 0) is 36.4 Å². The number of hydrogen-bond acceptors (Lipinski definition) is 5. The van der Waals surface area contributed by atoms with Crippen molar-refractivity contribution in [2.45, 2.75) is 4.90 Å². The van der Waals surface area contributed by atoms with E-state index in [2.05, 4.69) is 0 Å². The van der Waals surface area contributed by atoms with Crippen LogP contribution < -0.4 is 4.72 Å². The molecule has 1 amide bonds. The zero-order chi connectivity index (χ0) is 18.2. The molecule has 0 spiro atoms. The maximum absolute atomic E-state index is 13.7. The Kier molecular flexibility index (Phi) is 4.47. The Labute approximate surface area is 151 Å². The van der Waals surface area contributed by atoms with E-state index in [0.29, 0.717) is 4.70 Å². The van der Waals surface area contributed by atoms with Crippen molar-refractivity contribution in [1.82, 2.24) is 4.72 Å². The zero-order valence-corrected chi connectivity index (χ0v) is 14.7. The van der Waals surface area contributed by atoms with Gasteiger partial charge in [0.15, 0.2) is 0 Å². The largest absolute Gasteiger partial charge is 0.275 e. The number of halogens is 2. The number of benzene rings is 2. The lowest BCUT2D eigenvalue weighted by molar-refractivity contribution is 0.0985. The van der Waals surface area contributed by atoms with Gasteiger partial charge in [0.1, 0.15) is 11.9 Å². The van der Waals surface area contributed by atoms with Crippen molar-refractivity contribution in [3.05, 3.63) is 63.7 Å². The van der Waals surface area contributed by atoms with Gasteiger partial charge in [0, 0.05) is 10.1 Å². The molecule has 0 radical (unpaired) electrons. The fourth-order valence-electron chi connectivity index (χ4n) is 2.12. The topological polar surface area (TPSA) is 87.0 Å². The second-order valence-corrected chi connectivity index (χ2v) is 8.12. The van der Waals surface area contributed by atoms with Crippen molar-refractivity contribution >= 4 is 49.0 Å². The van der Waals surface area contributed by atoms with Crippen molar-refractivity contribution in [3.8, 4) is 6.07 Å². The molecule has 1 N–H and O–H groups in total. The van der Waals surface area contributed by atoms with Crippen molar-refractivity contribution in [1.29, 1.82) is 5.26 Å². The van der Waals surface area contributed by atoms with Crippen molar-refractivity contribution in [2.75, 3.05) is 0 Å². The van der Waals surface area contributed by atoms with Crippen molar-refractivity contribution in [3.63, 3.8) is 0 Å². The number of hydrogen-bond donors (Lipinski definition) is 1. The summed E-state index contributed by atoms with van der Waals surface area (Å²) >= 11 is 6.80. The van der Waals surface area contributed by atoms with Gasteiger partial charge in [-0.2, -0.15) is 5.26 Å². The van der Waals surface area contributed by atoms with Crippen LogP contribution in [0.1, 0.15) is 15.2 Å². The molecule has 2 aromatic carbocycles. The summed E-state index contributed by atoms with van der Waals surface area (Å²) in [6, 6.07) is 11.0. The number of thiophene rings is 1. The van der Waals surface area contributed by atoms with Crippen LogP contribution in [0.5, 0.6) is 0 Å². The first-order valence-corrected chi connectivity index (χ1v) is 9.44. The monoisotopic (exact) mass is 394 g/mol. The molecule has 0 aliphatic heterocycles. The van der Waals surface area contributed by atoms with Crippen LogP contribution in [0, 0.1) is 17.1 Å². The van der Waals surface area contributed by atoms with Gasteiger partial charge in [-0.15, -0.1) is 11.3 Å². The van der Waals surface area contributed by atoms with E-state index >= 15 is 0 Å². The molecule has 0 aliphatic rings. The summed E-state index contributed by atoms with van der Waals surface area (Å²) < 4.78 is 40.8. The van der Waals surface area contributed by atoms with Crippen LogP contribution in [0.2, 0.25) is 5.02 Å². The summed E-state index contributed by atoms with van der Waals surface area (Å²) in [5.74, 6) is -1.37. The molecule has 1 heterocycles.